The Morgan fingerprint density at radius 2 is 2.08 bits per heavy atom. The van der Waals surface area contributed by atoms with Crippen molar-refractivity contribution in [3.8, 4) is 0 Å². The second kappa shape index (κ2) is 6.59. The molecular formula is C17H17ClN4O2. The Morgan fingerprint density at radius 3 is 2.83 bits per heavy atom. The lowest BCUT2D eigenvalue weighted by molar-refractivity contribution is 0.0951. The van der Waals surface area contributed by atoms with Gasteiger partial charge in [0.25, 0.3) is 11.5 Å². The van der Waals surface area contributed by atoms with Crippen LogP contribution in [0.15, 0.2) is 35.3 Å². The number of hydrogen-bond acceptors (Lipinski definition) is 4. The van der Waals surface area contributed by atoms with Crippen LogP contribution in [-0.2, 0) is 0 Å². The van der Waals surface area contributed by atoms with Crippen molar-refractivity contribution in [1.29, 1.82) is 0 Å². The number of rotatable bonds is 4. The van der Waals surface area contributed by atoms with E-state index in [0.29, 0.717) is 38.9 Å². The average molecular weight is 345 g/mol. The van der Waals surface area contributed by atoms with Crippen LogP contribution in [0, 0.1) is 0 Å². The number of H-pyrrole nitrogens is 1. The Labute approximate surface area is 143 Å². The van der Waals surface area contributed by atoms with Crippen LogP contribution in [0.4, 0.5) is 0 Å². The predicted molar refractivity (Wildman–Crippen MR) is 95.8 cm³/mol. The number of fused-ring (bicyclic) bond motifs is 3. The Balaban J connectivity index is 2.08. The summed E-state index contributed by atoms with van der Waals surface area (Å²) in [5, 5.41) is 5.06. The van der Waals surface area contributed by atoms with Crippen LogP contribution in [0.3, 0.4) is 0 Å². The fourth-order valence-electron chi connectivity index (χ4n) is 2.55. The molecule has 0 radical (unpaired) electrons. The van der Waals surface area contributed by atoms with Gasteiger partial charge in [-0.1, -0.05) is 11.6 Å². The largest absolute Gasteiger partial charge is 0.351 e. The third-order valence-corrected chi connectivity index (χ3v) is 4.09. The summed E-state index contributed by atoms with van der Waals surface area (Å²) in [6.45, 7) is 1.29. The lowest BCUT2D eigenvalue weighted by Crippen LogP contribution is -2.31. The number of aromatic nitrogens is 2. The molecule has 2 aromatic heterocycles. The summed E-state index contributed by atoms with van der Waals surface area (Å²) in [6.07, 6.45) is 1.53. The minimum absolute atomic E-state index is 0.188. The van der Waals surface area contributed by atoms with Crippen molar-refractivity contribution in [1.82, 2.24) is 20.2 Å². The molecule has 1 amide bonds. The van der Waals surface area contributed by atoms with Gasteiger partial charge in [0.05, 0.1) is 5.02 Å². The molecule has 3 rings (SSSR count). The molecule has 0 bridgehead atoms. The highest BCUT2D eigenvalue weighted by molar-refractivity contribution is 6.37. The Morgan fingerprint density at radius 1 is 1.29 bits per heavy atom. The van der Waals surface area contributed by atoms with E-state index in [9.17, 15) is 9.59 Å². The molecule has 2 heterocycles. The van der Waals surface area contributed by atoms with Crippen LogP contribution < -0.4 is 10.9 Å². The number of nitrogens with one attached hydrogen (secondary N) is 2. The van der Waals surface area contributed by atoms with E-state index in [1.807, 2.05) is 19.0 Å². The number of carbonyl (C=O) groups is 1. The molecule has 6 nitrogen and oxygen atoms in total. The monoisotopic (exact) mass is 344 g/mol. The van der Waals surface area contributed by atoms with E-state index in [0.717, 1.165) is 6.54 Å². The average Bonchev–Trinajstić information content (AvgIpc) is 2.54. The zero-order valence-electron chi connectivity index (χ0n) is 13.4. The van der Waals surface area contributed by atoms with Crippen molar-refractivity contribution >= 4 is 39.3 Å². The van der Waals surface area contributed by atoms with Crippen molar-refractivity contribution in [2.75, 3.05) is 27.2 Å². The second-order valence-electron chi connectivity index (χ2n) is 5.79. The maximum Gasteiger partial charge on any atom is 0.257 e. The van der Waals surface area contributed by atoms with Crippen LogP contribution in [-0.4, -0.2) is 48.0 Å². The number of benzene rings is 1. The molecule has 1 aromatic carbocycles. The summed E-state index contributed by atoms with van der Waals surface area (Å²) in [5.41, 5.74) is 0.630. The van der Waals surface area contributed by atoms with E-state index in [4.69, 9.17) is 11.6 Å². The number of hydrogen-bond donors (Lipinski definition) is 2. The first-order valence-corrected chi connectivity index (χ1v) is 7.88. The smallest absolute Gasteiger partial charge is 0.257 e. The molecule has 0 aliphatic rings. The van der Waals surface area contributed by atoms with E-state index in [1.165, 1.54) is 6.20 Å². The molecule has 2 N–H and O–H groups in total. The third-order valence-electron chi connectivity index (χ3n) is 3.77. The molecule has 0 spiro atoms. The lowest BCUT2D eigenvalue weighted by Gasteiger charge is -2.11. The quantitative estimate of drug-likeness (QED) is 0.710. The van der Waals surface area contributed by atoms with Gasteiger partial charge < -0.3 is 15.2 Å². The fourth-order valence-corrected chi connectivity index (χ4v) is 2.80. The number of likely N-dealkylation sites (N-methyl/N-ethyl adjacent to an activating group) is 1. The highest BCUT2D eigenvalue weighted by atomic mass is 35.5. The number of carbonyl (C=O) groups excluding carboxylic acids is 1. The highest BCUT2D eigenvalue weighted by Crippen LogP contribution is 2.27. The number of amides is 1. The third kappa shape index (κ3) is 3.11. The molecule has 0 aliphatic carbocycles. The summed E-state index contributed by atoms with van der Waals surface area (Å²) in [4.78, 5) is 33.3. The first kappa shape index (κ1) is 16.4. The number of pyridine rings is 2. The number of nitrogens with zero attached hydrogens (tertiary/aromatic N) is 2. The van der Waals surface area contributed by atoms with Gasteiger partial charge in [-0.15, -0.1) is 0 Å². The minimum Gasteiger partial charge on any atom is -0.351 e. The summed E-state index contributed by atoms with van der Waals surface area (Å²) in [7, 11) is 3.88. The first-order valence-electron chi connectivity index (χ1n) is 7.50. The van der Waals surface area contributed by atoms with Gasteiger partial charge in [-0.25, -0.2) is 4.98 Å². The molecule has 0 unspecified atom stereocenters. The SMILES string of the molecule is CN(C)CCNC(=O)c1ccc2c(=O)[nH]c3nccc(Cl)c3c2c1. The van der Waals surface area contributed by atoms with Crippen LogP contribution in [0.25, 0.3) is 21.8 Å². The van der Waals surface area contributed by atoms with Gasteiger partial charge in [0.2, 0.25) is 0 Å². The second-order valence-corrected chi connectivity index (χ2v) is 6.20. The van der Waals surface area contributed by atoms with Crippen molar-refractivity contribution < 1.29 is 4.79 Å². The van der Waals surface area contributed by atoms with Gasteiger partial charge in [0, 0.05) is 41.0 Å². The first-order chi connectivity index (χ1) is 11.5. The van der Waals surface area contributed by atoms with Gasteiger partial charge in [-0.3, -0.25) is 9.59 Å². The van der Waals surface area contributed by atoms with Crippen LogP contribution >= 0.6 is 11.6 Å². The van der Waals surface area contributed by atoms with Gasteiger partial charge >= 0.3 is 0 Å². The van der Waals surface area contributed by atoms with E-state index in [2.05, 4.69) is 15.3 Å². The van der Waals surface area contributed by atoms with Crippen LogP contribution in [0.1, 0.15) is 10.4 Å². The van der Waals surface area contributed by atoms with Gasteiger partial charge in [-0.2, -0.15) is 0 Å². The lowest BCUT2D eigenvalue weighted by atomic mass is 10.0. The fraction of sp³-hybridized carbons (Fsp3) is 0.235. The number of halogens is 1. The predicted octanol–water partition coefficient (Wildman–Crippen LogP) is 2.02. The topological polar surface area (TPSA) is 78.1 Å². The number of aromatic amines is 1. The molecule has 7 heteroatoms. The Hall–Kier alpha value is -2.44. The van der Waals surface area contributed by atoms with Crippen LogP contribution in [0.2, 0.25) is 5.02 Å². The minimum atomic E-state index is -0.258. The van der Waals surface area contributed by atoms with Crippen molar-refractivity contribution in [3.63, 3.8) is 0 Å². The molecule has 3 aromatic rings. The van der Waals surface area contributed by atoms with Gasteiger partial charge in [0.1, 0.15) is 5.65 Å². The van der Waals surface area contributed by atoms with Crippen molar-refractivity contribution in [2.45, 2.75) is 0 Å². The standard InChI is InChI=1S/C17H17ClN4O2/c1-22(2)8-7-20-16(23)10-3-4-11-12(9-10)14-13(18)5-6-19-15(14)21-17(11)24/h3-6,9H,7-8H2,1-2H3,(H,20,23)(H,19,21,24). The molecule has 0 atom stereocenters. The van der Waals surface area contributed by atoms with Gasteiger partial charge in [-0.05, 0) is 38.4 Å². The molecule has 0 fully saturated rings. The molecule has 124 valence electrons. The van der Waals surface area contributed by atoms with E-state index < -0.39 is 0 Å². The summed E-state index contributed by atoms with van der Waals surface area (Å²) in [6, 6.07) is 6.62. The van der Waals surface area contributed by atoms with Gasteiger partial charge in [0.15, 0.2) is 0 Å². The maximum absolute atomic E-state index is 12.3. The zero-order chi connectivity index (χ0) is 17.3. The molecule has 0 saturated carbocycles. The maximum atomic E-state index is 12.3. The Kier molecular flexibility index (Phi) is 4.51. The van der Waals surface area contributed by atoms with E-state index in [-0.39, 0.29) is 11.5 Å². The van der Waals surface area contributed by atoms with E-state index >= 15 is 0 Å². The van der Waals surface area contributed by atoms with E-state index in [1.54, 1.807) is 24.3 Å². The van der Waals surface area contributed by atoms with Crippen molar-refractivity contribution in [3.05, 3.63) is 51.4 Å². The van der Waals surface area contributed by atoms with Crippen molar-refractivity contribution in [2.24, 2.45) is 0 Å². The molecule has 0 saturated heterocycles. The summed E-state index contributed by atoms with van der Waals surface area (Å²) in [5.74, 6) is -0.188. The normalized spacial score (nSPS) is 11.3. The molecule has 0 aliphatic heterocycles. The zero-order valence-corrected chi connectivity index (χ0v) is 14.1. The summed E-state index contributed by atoms with van der Waals surface area (Å²) < 4.78 is 0. The van der Waals surface area contributed by atoms with Crippen LogP contribution in [0.5, 0.6) is 0 Å². The molecular weight excluding hydrogens is 328 g/mol. The Bertz CT molecular complexity index is 981. The highest BCUT2D eigenvalue weighted by Gasteiger charge is 2.12. The molecule has 24 heavy (non-hydrogen) atoms. The summed E-state index contributed by atoms with van der Waals surface area (Å²) >= 11 is 6.27.